The number of piperidine rings is 1. The van der Waals surface area contributed by atoms with E-state index in [1.54, 1.807) is 0 Å². The molecule has 0 saturated carbocycles. The molecule has 0 amide bonds. The van der Waals surface area contributed by atoms with Crippen molar-refractivity contribution >= 4 is 22.8 Å². The topological polar surface area (TPSA) is 70.0 Å². The summed E-state index contributed by atoms with van der Waals surface area (Å²) in [5.41, 5.74) is 3.10. The van der Waals surface area contributed by atoms with Gasteiger partial charge in [-0.1, -0.05) is 42.5 Å². The second kappa shape index (κ2) is 10.6. The number of fused-ring (bicyclic) bond motifs is 3. The molecule has 196 valence electrons. The fourth-order valence-corrected chi connectivity index (χ4v) is 5.48. The van der Waals surface area contributed by atoms with E-state index < -0.39 is 5.41 Å². The largest absolute Gasteiger partial charge is 0.478 e. The lowest BCUT2D eigenvalue weighted by molar-refractivity contribution is -0.146. The zero-order chi connectivity index (χ0) is 26.0. The normalized spacial score (nSPS) is 16.7. The number of hydrogen-bond acceptors (Lipinski definition) is 6. The maximum absolute atomic E-state index is 13.1. The van der Waals surface area contributed by atoms with Gasteiger partial charge in [0.1, 0.15) is 5.56 Å². The highest BCUT2D eigenvalue weighted by Gasteiger charge is 2.31. The number of carbonyl (C=O) groups is 2. The van der Waals surface area contributed by atoms with Crippen molar-refractivity contribution in [2.75, 3.05) is 33.4 Å². The van der Waals surface area contributed by atoms with Crippen LogP contribution < -0.4 is 4.74 Å². The first-order chi connectivity index (χ1) is 17.9. The third kappa shape index (κ3) is 5.10. The number of carbonyl (C=O) groups excluding carboxylic acids is 2. The molecular formula is C30H36N2O5. The summed E-state index contributed by atoms with van der Waals surface area (Å²) in [5.74, 6) is 0.479. The standard InChI is InChI=1S/C30H36N2O5/c1-30(2,29(34)35-3)23-11-9-21(10-12-23)19-31-16-13-22(14-17-31)20-37-28(33)26-24-7-4-5-8-25(24)32-15-6-18-36-27(26)32/h4-5,7-12,22H,6,13-20H2,1-3H3. The predicted octanol–water partition coefficient (Wildman–Crippen LogP) is 4.94. The number of methoxy groups -OCH3 is 1. The van der Waals surface area contributed by atoms with Crippen LogP contribution in [0.5, 0.6) is 5.88 Å². The fourth-order valence-electron chi connectivity index (χ4n) is 5.48. The number of aromatic nitrogens is 1. The molecule has 0 atom stereocenters. The molecule has 0 spiro atoms. The Labute approximate surface area is 218 Å². The van der Waals surface area contributed by atoms with Gasteiger partial charge in [0, 0.05) is 18.5 Å². The number of esters is 2. The lowest BCUT2D eigenvalue weighted by Gasteiger charge is -2.31. The van der Waals surface area contributed by atoms with Gasteiger partial charge < -0.3 is 18.8 Å². The number of aryl methyl sites for hydroxylation is 1. The van der Waals surface area contributed by atoms with E-state index in [1.807, 2.05) is 50.2 Å². The van der Waals surface area contributed by atoms with Crippen molar-refractivity contribution in [3.8, 4) is 5.88 Å². The van der Waals surface area contributed by atoms with Gasteiger partial charge in [0.15, 0.2) is 0 Å². The minimum atomic E-state index is -0.665. The lowest BCUT2D eigenvalue weighted by atomic mass is 9.84. The molecule has 3 aromatic rings. The number of benzene rings is 2. The molecular weight excluding hydrogens is 468 g/mol. The summed E-state index contributed by atoms with van der Waals surface area (Å²) < 4.78 is 18.8. The number of nitrogens with zero attached hydrogens (tertiary/aromatic N) is 2. The number of ether oxygens (including phenoxy) is 3. The Hall–Kier alpha value is -3.32. The summed E-state index contributed by atoms with van der Waals surface area (Å²) in [6, 6.07) is 16.2. The second-order valence-corrected chi connectivity index (χ2v) is 10.7. The second-order valence-electron chi connectivity index (χ2n) is 10.7. The van der Waals surface area contributed by atoms with Crippen LogP contribution in [0.1, 0.15) is 54.6 Å². The number of rotatable bonds is 7. The third-order valence-corrected chi connectivity index (χ3v) is 7.83. The van der Waals surface area contributed by atoms with E-state index in [2.05, 4.69) is 21.6 Å². The Balaban J connectivity index is 1.14. The molecule has 0 bridgehead atoms. The summed E-state index contributed by atoms with van der Waals surface area (Å²) in [7, 11) is 1.42. The van der Waals surface area contributed by atoms with Gasteiger partial charge in [0.25, 0.3) is 0 Å². The smallest absolute Gasteiger partial charge is 0.344 e. The Bertz CT molecular complexity index is 1270. The van der Waals surface area contributed by atoms with Crippen LogP contribution in [0, 0.1) is 5.92 Å². The predicted molar refractivity (Wildman–Crippen MR) is 142 cm³/mol. The molecule has 37 heavy (non-hydrogen) atoms. The number of para-hydroxylation sites is 1. The van der Waals surface area contributed by atoms with Crippen molar-refractivity contribution < 1.29 is 23.8 Å². The summed E-state index contributed by atoms with van der Waals surface area (Å²) in [6.07, 6.45) is 2.92. The summed E-state index contributed by atoms with van der Waals surface area (Å²) >= 11 is 0. The van der Waals surface area contributed by atoms with Crippen molar-refractivity contribution in [1.29, 1.82) is 0 Å². The Kier molecular flexibility index (Phi) is 7.24. The van der Waals surface area contributed by atoms with Crippen LogP contribution in [0.4, 0.5) is 0 Å². The van der Waals surface area contributed by atoms with Gasteiger partial charge in [-0.15, -0.1) is 0 Å². The Morgan fingerprint density at radius 1 is 1.03 bits per heavy atom. The van der Waals surface area contributed by atoms with E-state index in [0.29, 0.717) is 30.6 Å². The molecule has 0 aliphatic carbocycles. The van der Waals surface area contributed by atoms with E-state index in [-0.39, 0.29) is 11.9 Å². The maximum Gasteiger partial charge on any atom is 0.344 e. The molecule has 1 saturated heterocycles. The Morgan fingerprint density at radius 3 is 2.49 bits per heavy atom. The summed E-state index contributed by atoms with van der Waals surface area (Å²) in [4.78, 5) is 27.7. The Morgan fingerprint density at radius 2 is 1.76 bits per heavy atom. The van der Waals surface area contributed by atoms with Crippen molar-refractivity contribution in [2.24, 2.45) is 5.92 Å². The average molecular weight is 505 g/mol. The molecule has 5 rings (SSSR count). The first-order valence-corrected chi connectivity index (χ1v) is 13.2. The molecule has 7 heteroatoms. The molecule has 7 nitrogen and oxygen atoms in total. The van der Waals surface area contributed by atoms with Gasteiger partial charge >= 0.3 is 11.9 Å². The van der Waals surface area contributed by atoms with E-state index in [0.717, 1.165) is 61.9 Å². The fraction of sp³-hybridized carbons (Fsp3) is 0.467. The van der Waals surface area contributed by atoms with Crippen LogP contribution in [0.15, 0.2) is 48.5 Å². The molecule has 0 N–H and O–H groups in total. The van der Waals surface area contributed by atoms with Gasteiger partial charge in [0.2, 0.25) is 5.88 Å². The maximum atomic E-state index is 13.1. The van der Waals surface area contributed by atoms with E-state index in [4.69, 9.17) is 14.2 Å². The quantitative estimate of drug-likeness (QED) is 0.425. The zero-order valence-electron chi connectivity index (χ0n) is 22.0. The minimum Gasteiger partial charge on any atom is -0.478 e. The molecule has 2 aromatic carbocycles. The highest BCUT2D eigenvalue weighted by Crippen LogP contribution is 2.35. The van der Waals surface area contributed by atoms with Gasteiger partial charge in [-0.3, -0.25) is 9.69 Å². The van der Waals surface area contributed by atoms with Gasteiger partial charge in [-0.05, 0) is 69.3 Å². The molecule has 2 aliphatic heterocycles. The van der Waals surface area contributed by atoms with E-state index in [9.17, 15) is 9.59 Å². The van der Waals surface area contributed by atoms with Crippen LogP contribution in [-0.4, -0.2) is 54.8 Å². The lowest BCUT2D eigenvalue weighted by Crippen LogP contribution is -2.35. The van der Waals surface area contributed by atoms with Crippen molar-refractivity contribution in [3.63, 3.8) is 0 Å². The average Bonchev–Trinajstić information content (AvgIpc) is 3.27. The van der Waals surface area contributed by atoms with Crippen LogP contribution >= 0.6 is 0 Å². The summed E-state index contributed by atoms with van der Waals surface area (Å²) in [6.45, 7) is 8.47. The number of likely N-dealkylation sites (tertiary alicyclic amines) is 1. The van der Waals surface area contributed by atoms with Crippen molar-refractivity contribution in [2.45, 2.75) is 51.6 Å². The van der Waals surface area contributed by atoms with Gasteiger partial charge in [-0.2, -0.15) is 0 Å². The van der Waals surface area contributed by atoms with Crippen LogP contribution in [0.25, 0.3) is 10.9 Å². The van der Waals surface area contributed by atoms with Crippen molar-refractivity contribution in [1.82, 2.24) is 9.47 Å². The highest BCUT2D eigenvalue weighted by atomic mass is 16.5. The first-order valence-electron chi connectivity index (χ1n) is 13.2. The molecule has 1 fully saturated rings. The monoisotopic (exact) mass is 504 g/mol. The number of hydrogen-bond donors (Lipinski definition) is 0. The SMILES string of the molecule is COC(=O)C(C)(C)c1ccc(CN2CCC(COC(=O)c3c4n(c5ccccc35)CCCO4)CC2)cc1. The zero-order valence-corrected chi connectivity index (χ0v) is 22.0. The van der Waals surface area contributed by atoms with Crippen LogP contribution in [0.2, 0.25) is 0 Å². The first kappa shape index (κ1) is 25.3. The van der Waals surface area contributed by atoms with Crippen molar-refractivity contribution in [3.05, 3.63) is 65.2 Å². The molecule has 3 heterocycles. The third-order valence-electron chi connectivity index (χ3n) is 7.83. The molecule has 1 aromatic heterocycles. The van der Waals surface area contributed by atoms with E-state index >= 15 is 0 Å². The molecule has 0 radical (unpaired) electrons. The van der Waals surface area contributed by atoms with E-state index in [1.165, 1.54) is 12.7 Å². The highest BCUT2D eigenvalue weighted by molar-refractivity contribution is 6.07. The van der Waals surface area contributed by atoms with Gasteiger partial charge in [0.05, 0.1) is 31.3 Å². The molecule has 0 unspecified atom stereocenters. The molecule has 2 aliphatic rings. The summed E-state index contributed by atoms with van der Waals surface area (Å²) in [5, 5.41) is 0.903. The van der Waals surface area contributed by atoms with Gasteiger partial charge in [-0.25, -0.2) is 4.79 Å². The van der Waals surface area contributed by atoms with Crippen LogP contribution in [-0.2, 0) is 32.8 Å². The van der Waals surface area contributed by atoms with Crippen LogP contribution in [0.3, 0.4) is 0 Å². The minimum absolute atomic E-state index is 0.235.